The summed E-state index contributed by atoms with van der Waals surface area (Å²) in [6.07, 6.45) is 0. The van der Waals surface area contributed by atoms with E-state index in [1.165, 1.54) is 0 Å². The Balaban J connectivity index is -0.0000000400. The standard InChI is InChI=1S/3C4H10O.Hf.H2O/c3*1-4(2)3-5;;/h3*4-5H,3H2,1-2H3;;1H2. The van der Waals surface area contributed by atoms with Gasteiger partial charge in [0.25, 0.3) is 0 Å². The minimum Gasteiger partial charge on any atom is -0.412 e. The Morgan fingerprint density at radius 3 is 0.647 bits per heavy atom. The average molecular weight is 419 g/mol. The van der Waals surface area contributed by atoms with E-state index in [1.807, 2.05) is 41.5 Å². The molecule has 17 heavy (non-hydrogen) atoms. The fraction of sp³-hybridized carbons (Fsp3) is 1.00. The molecule has 5 heteroatoms. The van der Waals surface area contributed by atoms with E-state index >= 15 is 0 Å². The van der Waals surface area contributed by atoms with Crippen molar-refractivity contribution in [2.45, 2.75) is 41.5 Å². The van der Waals surface area contributed by atoms with Crippen molar-refractivity contribution in [3.63, 3.8) is 0 Å². The second kappa shape index (κ2) is 25.5. The van der Waals surface area contributed by atoms with Crippen LogP contribution < -0.4 is 0 Å². The molecule has 5 N–H and O–H groups in total. The van der Waals surface area contributed by atoms with E-state index < -0.39 is 0 Å². The van der Waals surface area contributed by atoms with Crippen LogP contribution >= 0.6 is 0 Å². The van der Waals surface area contributed by atoms with Crippen molar-refractivity contribution in [2.75, 3.05) is 19.8 Å². The van der Waals surface area contributed by atoms with Gasteiger partial charge >= 0.3 is 0 Å². The monoisotopic (exact) mass is 420 g/mol. The maximum Gasteiger partial charge on any atom is 0.0453 e. The molecule has 0 bridgehead atoms. The zero-order valence-corrected chi connectivity index (χ0v) is 15.8. The van der Waals surface area contributed by atoms with Gasteiger partial charge in [-0.05, 0) is 17.8 Å². The van der Waals surface area contributed by atoms with E-state index in [1.54, 1.807) is 0 Å². The van der Waals surface area contributed by atoms with Gasteiger partial charge in [-0.1, -0.05) is 41.5 Å². The zero-order valence-electron chi connectivity index (χ0n) is 12.2. The first kappa shape index (κ1) is 30.6. The quantitative estimate of drug-likeness (QED) is 0.599. The summed E-state index contributed by atoms with van der Waals surface area (Å²) in [5, 5.41) is 24.4. The molecule has 0 aliphatic rings. The summed E-state index contributed by atoms with van der Waals surface area (Å²) in [6.45, 7) is 12.7. The molecule has 0 radical (unpaired) electrons. The van der Waals surface area contributed by atoms with Gasteiger partial charge in [0, 0.05) is 45.7 Å². The first-order chi connectivity index (χ1) is 6.81. The third-order valence-electron chi connectivity index (χ3n) is 1.10. The van der Waals surface area contributed by atoms with Crippen molar-refractivity contribution in [3.8, 4) is 0 Å². The van der Waals surface area contributed by atoms with Gasteiger partial charge in [-0.25, -0.2) is 0 Å². The molecule has 4 nitrogen and oxygen atoms in total. The number of rotatable bonds is 3. The van der Waals surface area contributed by atoms with Gasteiger partial charge in [-0.2, -0.15) is 0 Å². The molecule has 0 aromatic carbocycles. The first-order valence-corrected chi connectivity index (χ1v) is 5.64. The van der Waals surface area contributed by atoms with Crippen LogP contribution in [0.5, 0.6) is 0 Å². The van der Waals surface area contributed by atoms with Crippen LogP contribution in [0.15, 0.2) is 0 Å². The molecule has 0 unspecified atom stereocenters. The predicted molar refractivity (Wildman–Crippen MR) is 69.4 cm³/mol. The normalized spacial score (nSPS) is 8.47. The summed E-state index contributed by atoms with van der Waals surface area (Å²) in [5.41, 5.74) is 0. The Bertz CT molecular complexity index is 79.5. The summed E-state index contributed by atoms with van der Waals surface area (Å²) in [5.74, 6) is 1.32. The van der Waals surface area contributed by atoms with Crippen LogP contribution in [-0.2, 0) is 25.8 Å². The average Bonchev–Trinajstić information content (AvgIpc) is 2.19. The van der Waals surface area contributed by atoms with Crippen LogP contribution in [0.3, 0.4) is 0 Å². The van der Waals surface area contributed by atoms with Gasteiger partial charge in [-0.15, -0.1) is 0 Å². The summed E-state index contributed by atoms with van der Waals surface area (Å²) in [4.78, 5) is 0. The second-order valence-corrected chi connectivity index (χ2v) is 4.73. The van der Waals surface area contributed by atoms with Gasteiger partial charge in [0.05, 0.1) is 0 Å². The SMILES string of the molecule is CC(C)CO.CC(C)CO.CC(C)CO.O.[Hf]. The topological polar surface area (TPSA) is 92.2 Å². The van der Waals surface area contributed by atoms with Gasteiger partial charge in [0.2, 0.25) is 0 Å². The third kappa shape index (κ3) is 80.3. The minimum absolute atomic E-state index is 0. The predicted octanol–water partition coefficient (Wildman–Crippen LogP) is 1.08. The van der Waals surface area contributed by atoms with Gasteiger partial charge in [-0.3, -0.25) is 0 Å². The molecular weight excluding hydrogens is 387 g/mol. The molecule has 108 valence electrons. The molecule has 0 atom stereocenters. The second-order valence-electron chi connectivity index (χ2n) is 4.73. The Morgan fingerprint density at radius 2 is 0.647 bits per heavy atom. The number of hydrogen-bond acceptors (Lipinski definition) is 3. The number of hydrogen-bond donors (Lipinski definition) is 3. The van der Waals surface area contributed by atoms with E-state index in [0.717, 1.165) is 0 Å². The number of aliphatic hydroxyl groups is 3. The maximum absolute atomic E-state index is 8.14. The largest absolute Gasteiger partial charge is 0.412 e. The molecule has 0 saturated carbocycles. The molecule has 0 rings (SSSR count). The molecule has 0 amide bonds. The molecule has 0 aliphatic heterocycles. The van der Waals surface area contributed by atoms with E-state index in [9.17, 15) is 0 Å². The molecular formula is C12H32HfO4. The van der Waals surface area contributed by atoms with Crippen LogP contribution in [0.4, 0.5) is 0 Å². The summed E-state index contributed by atoms with van der Waals surface area (Å²) < 4.78 is 0. The van der Waals surface area contributed by atoms with Crippen molar-refractivity contribution in [3.05, 3.63) is 0 Å². The molecule has 0 aromatic rings. The Labute approximate surface area is 126 Å². The molecule has 0 heterocycles. The Hall–Kier alpha value is 0.710. The van der Waals surface area contributed by atoms with Gasteiger partial charge in [0.15, 0.2) is 0 Å². The molecule has 0 aliphatic carbocycles. The molecule has 0 aromatic heterocycles. The minimum atomic E-state index is 0. The summed E-state index contributed by atoms with van der Waals surface area (Å²) in [6, 6.07) is 0. The third-order valence-corrected chi connectivity index (χ3v) is 1.10. The van der Waals surface area contributed by atoms with Crippen molar-refractivity contribution < 1.29 is 46.6 Å². The summed E-state index contributed by atoms with van der Waals surface area (Å²) >= 11 is 0. The van der Waals surface area contributed by atoms with Crippen molar-refractivity contribution in [1.82, 2.24) is 0 Å². The van der Waals surface area contributed by atoms with Crippen molar-refractivity contribution in [2.24, 2.45) is 17.8 Å². The first-order valence-electron chi connectivity index (χ1n) is 5.64. The fourth-order valence-electron chi connectivity index (χ4n) is 0. The van der Waals surface area contributed by atoms with E-state index in [-0.39, 0.29) is 31.3 Å². The fourth-order valence-corrected chi connectivity index (χ4v) is 0. The smallest absolute Gasteiger partial charge is 0.0453 e. The van der Waals surface area contributed by atoms with Crippen LogP contribution in [0, 0.1) is 17.8 Å². The van der Waals surface area contributed by atoms with E-state index in [0.29, 0.717) is 37.6 Å². The van der Waals surface area contributed by atoms with E-state index in [4.69, 9.17) is 15.3 Å². The van der Waals surface area contributed by atoms with Crippen LogP contribution in [0.25, 0.3) is 0 Å². The maximum atomic E-state index is 8.14. The Morgan fingerprint density at radius 1 is 0.588 bits per heavy atom. The van der Waals surface area contributed by atoms with Crippen molar-refractivity contribution in [1.29, 1.82) is 0 Å². The van der Waals surface area contributed by atoms with Gasteiger partial charge in [0.1, 0.15) is 0 Å². The molecule has 0 spiro atoms. The molecule has 0 saturated heterocycles. The van der Waals surface area contributed by atoms with Crippen LogP contribution in [0.2, 0.25) is 0 Å². The van der Waals surface area contributed by atoms with Crippen LogP contribution in [0.1, 0.15) is 41.5 Å². The van der Waals surface area contributed by atoms with Crippen LogP contribution in [-0.4, -0.2) is 40.6 Å². The summed E-state index contributed by atoms with van der Waals surface area (Å²) in [7, 11) is 0. The molecule has 0 fully saturated rings. The zero-order chi connectivity index (χ0) is 12.9. The number of aliphatic hydroxyl groups excluding tert-OH is 3. The van der Waals surface area contributed by atoms with Gasteiger partial charge < -0.3 is 20.8 Å². The van der Waals surface area contributed by atoms with Crippen molar-refractivity contribution >= 4 is 0 Å². The van der Waals surface area contributed by atoms with E-state index in [2.05, 4.69) is 0 Å². The Kier molecular flexibility index (Phi) is 46.0.